The van der Waals surface area contributed by atoms with E-state index in [1.54, 1.807) is 31.8 Å². The van der Waals surface area contributed by atoms with E-state index >= 15 is 0 Å². The molecule has 6 heteroatoms. The molecular weight excluding hydrogens is 274 g/mol. The zero-order chi connectivity index (χ0) is 14.5. The highest BCUT2D eigenvalue weighted by Gasteiger charge is 2.23. The first kappa shape index (κ1) is 14.7. The van der Waals surface area contributed by atoms with Crippen LogP contribution in [0.2, 0.25) is 0 Å². The van der Waals surface area contributed by atoms with E-state index in [1.807, 2.05) is 0 Å². The second-order valence-electron chi connectivity index (χ2n) is 4.27. The Morgan fingerprint density at radius 3 is 2.70 bits per heavy atom. The van der Waals surface area contributed by atoms with Crippen molar-refractivity contribution in [2.24, 2.45) is 0 Å². The van der Waals surface area contributed by atoms with Gasteiger partial charge in [-0.3, -0.25) is 0 Å². The molecule has 0 aliphatic heterocycles. The van der Waals surface area contributed by atoms with Crippen LogP contribution in [0.5, 0.6) is 11.8 Å². The molecule has 0 fully saturated rings. The highest BCUT2D eigenvalue weighted by atomic mass is 32.1. The van der Waals surface area contributed by atoms with Crippen molar-refractivity contribution in [2.75, 3.05) is 20.8 Å². The van der Waals surface area contributed by atoms with Gasteiger partial charge in [0.25, 0.3) is 0 Å². The van der Waals surface area contributed by atoms with E-state index < -0.39 is 0 Å². The summed E-state index contributed by atoms with van der Waals surface area (Å²) in [6, 6.07) is 2.08. The second-order valence-corrected chi connectivity index (χ2v) is 5.21. The van der Waals surface area contributed by atoms with E-state index in [4.69, 9.17) is 9.47 Å². The van der Waals surface area contributed by atoms with Crippen LogP contribution in [0.3, 0.4) is 0 Å². The minimum atomic E-state index is -0.0200. The predicted octanol–water partition coefficient (Wildman–Crippen LogP) is 2.56. The molecular formula is C14H19N3O2S. The van der Waals surface area contributed by atoms with E-state index in [9.17, 15) is 0 Å². The molecule has 2 heterocycles. The van der Waals surface area contributed by atoms with E-state index in [1.165, 1.54) is 10.4 Å². The molecule has 0 aromatic carbocycles. The van der Waals surface area contributed by atoms with Gasteiger partial charge in [0.1, 0.15) is 5.69 Å². The monoisotopic (exact) mass is 293 g/mol. The molecule has 108 valence electrons. The largest absolute Gasteiger partial charge is 0.480 e. The average molecular weight is 293 g/mol. The fourth-order valence-corrected chi connectivity index (χ4v) is 3.01. The molecule has 0 saturated carbocycles. The number of aryl methyl sites for hydroxylation is 1. The van der Waals surface area contributed by atoms with Gasteiger partial charge in [-0.05, 0) is 30.5 Å². The standard InChI is InChI=1S/C14H19N3O2S/c1-5-15-11(13-9(2)6-7-20-13)12-14(19-4)17-10(18-3)8-16-12/h6-8,11,15H,5H2,1-4H3. The van der Waals surface area contributed by atoms with Crippen molar-refractivity contribution in [1.29, 1.82) is 0 Å². The van der Waals surface area contributed by atoms with Crippen LogP contribution in [0.15, 0.2) is 17.6 Å². The third kappa shape index (κ3) is 2.91. The molecule has 1 N–H and O–H groups in total. The quantitative estimate of drug-likeness (QED) is 0.887. The molecule has 0 bridgehead atoms. The van der Waals surface area contributed by atoms with E-state index in [2.05, 4.69) is 40.6 Å². The van der Waals surface area contributed by atoms with Gasteiger partial charge in [-0.25, -0.2) is 4.98 Å². The summed E-state index contributed by atoms with van der Waals surface area (Å²) in [6.07, 6.45) is 1.62. The number of rotatable bonds is 6. The van der Waals surface area contributed by atoms with Crippen molar-refractivity contribution in [3.05, 3.63) is 33.8 Å². The van der Waals surface area contributed by atoms with Gasteiger partial charge in [-0.2, -0.15) is 4.98 Å². The van der Waals surface area contributed by atoms with Gasteiger partial charge in [0, 0.05) is 4.88 Å². The summed E-state index contributed by atoms with van der Waals surface area (Å²) in [6.45, 7) is 5.00. The normalized spacial score (nSPS) is 12.2. The zero-order valence-corrected chi connectivity index (χ0v) is 13.0. The summed E-state index contributed by atoms with van der Waals surface area (Å²) in [5.74, 6) is 0.937. The number of aromatic nitrogens is 2. The van der Waals surface area contributed by atoms with Gasteiger partial charge in [0.05, 0.1) is 26.5 Å². The summed E-state index contributed by atoms with van der Waals surface area (Å²) in [7, 11) is 3.16. The molecule has 5 nitrogen and oxygen atoms in total. The Labute approximate surface area is 123 Å². The molecule has 0 spiro atoms. The molecule has 0 saturated heterocycles. The van der Waals surface area contributed by atoms with Crippen LogP contribution in [-0.4, -0.2) is 30.7 Å². The van der Waals surface area contributed by atoms with Crippen LogP contribution in [0.4, 0.5) is 0 Å². The Hall–Kier alpha value is -1.66. The third-order valence-corrected chi connectivity index (χ3v) is 4.08. The fourth-order valence-electron chi connectivity index (χ4n) is 2.01. The van der Waals surface area contributed by atoms with Crippen molar-refractivity contribution in [3.8, 4) is 11.8 Å². The number of hydrogen-bond donors (Lipinski definition) is 1. The first-order valence-electron chi connectivity index (χ1n) is 6.43. The Morgan fingerprint density at radius 2 is 2.15 bits per heavy atom. The van der Waals surface area contributed by atoms with Gasteiger partial charge in [0.15, 0.2) is 0 Å². The lowest BCUT2D eigenvalue weighted by molar-refractivity contribution is 0.353. The minimum Gasteiger partial charge on any atom is -0.480 e. The van der Waals surface area contributed by atoms with Crippen LogP contribution < -0.4 is 14.8 Å². The summed E-state index contributed by atoms with van der Waals surface area (Å²) >= 11 is 1.70. The summed E-state index contributed by atoms with van der Waals surface area (Å²) in [4.78, 5) is 10.0. The zero-order valence-electron chi connectivity index (χ0n) is 12.1. The second kappa shape index (κ2) is 6.67. The first-order valence-corrected chi connectivity index (χ1v) is 7.31. The smallest absolute Gasteiger partial charge is 0.240 e. The maximum Gasteiger partial charge on any atom is 0.240 e. The fraction of sp³-hybridized carbons (Fsp3) is 0.429. The average Bonchev–Trinajstić information content (AvgIpc) is 2.90. The van der Waals surface area contributed by atoms with E-state index in [-0.39, 0.29) is 6.04 Å². The van der Waals surface area contributed by atoms with Crippen molar-refractivity contribution in [1.82, 2.24) is 15.3 Å². The van der Waals surface area contributed by atoms with Crippen LogP contribution in [0.1, 0.15) is 29.1 Å². The van der Waals surface area contributed by atoms with Gasteiger partial charge in [-0.1, -0.05) is 6.92 Å². The Balaban J connectivity index is 2.46. The molecule has 1 atom stereocenters. The van der Waals surface area contributed by atoms with Crippen molar-refractivity contribution >= 4 is 11.3 Å². The van der Waals surface area contributed by atoms with E-state index in [0.717, 1.165) is 12.2 Å². The van der Waals surface area contributed by atoms with Crippen LogP contribution >= 0.6 is 11.3 Å². The lowest BCUT2D eigenvalue weighted by atomic mass is 10.1. The number of hydrogen-bond acceptors (Lipinski definition) is 6. The van der Waals surface area contributed by atoms with Crippen LogP contribution in [-0.2, 0) is 0 Å². The number of methoxy groups -OCH3 is 2. The highest BCUT2D eigenvalue weighted by Crippen LogP contribution is 2.32. The first-order chi connectivity index (χ1) is 9.71. The van der Waals surface area contributed by atoms with Gasteiger partial charge in [-0.15, -0.1) is 11.3 Å². The van der Waals surface area contributed by atoms with Gasteiger partial charge in [0.2, 0.25) is 11.8 Å². The highest BCUT2D eigenvalue weighted by molar-refractivity contribution is 7.10. The molecule has 2 aromatic heterocycles. The maximum atomic E-state index is 5.36. The maximum absolute atomic E-state index is 5.36. The van der Waals surface area contributed by atoms with Crippen molar-refractivity contribution in [3.63, 3.8) is 0 Å². The van der Waals surface area contributed by atoms with E-state index in [0.29, 0.717) is 11.8 Å². The Bertz CT molecular complexity index is 571. The van der Waals surface area contributed by atoms with Crippen LogP contribution in [0.25, 0.3) is 0 Å². The third-order valence-electron chi connectivity index (χ3n) is 2.99. The van der Waals surface area contributed by atoms with Crippen molar-refractivity contribution < 1.29 is 9.47 Å². The molecule has 2 rings (SSSR count). The lowest BCUT2D eigenvalue weighted by Gasteiger charge is -2.19. The molecule has 2 aromatic rings. The summed E-state index contributed by atoms with van der Waals surface area (Å²) < 4.78 is 10.5. The lowest BCUT2D eigenvalue weighted by Crippen LogP contribution is -2.23. The SMILES string of the molecule is CCNC(c1ncc(OC)nc1OC)c1sccc1C. The molecule has 0 aliphatic rings. The summed E-state index contributed by atoms with van der Waals surface area (Å²) in [5, 5.41) is 5.52. The Kier molecular flexibility index (Phi) is 4.92. The van der Waals surface area contributed by atoms with Gasteiger partial charge >= 0.3 is 0 Å². The topological polar surface area (TPSA) is 56.3 Å². The molecule has 0 amide bonds. The summed E-state index contributed by atoms with van der Waals surface area (Å²) in [5.41, 5.74) is 2.02. The van der Waals surface area contributed by atoms with Gasteiger partial charge < -0.3 is 14.8 Å². The molecule has 0 radical (unpaired) electrons. The molecule has 0 aliphatic carbocycles. The number of ether oxygens (including phenoxy) is 2. The van der Waals surface area contributed by atoms with Crippen molar-refractivity contribution in [2.45, 2.75) is 19.9 Å². The minimum absolute atomic E-state index is 0.0200. The predicted molar refractivity (Wildman–Crippen MR) is 79.7 cm³/mol. The number of nitrogens with zero attached hydrogens (tertiary/aromatic N) is 2. The number of thiophene rings is 1. The number of nitrogens with one attached hydrogen (secondary N) is 1. The Morgan fingerprint density at radius 1 is 1.35 bits per heavy atom. The molecule has 20 heavy (non-hydrogen) atoms. The molecule has 1 unspecified atom stereocenters. The van der Waals surface area contributed by atoms with Crippen LogP contribution in [0, 0.1) is 6.92 Å².